The molecule has 0 spiro atoms. The number of aromatic nitrogens is 2. The van der Waals surface area contributed by atoms with E-state index in [4.69, 9.17) is 0 Å². The Morgan fingerprint density at radius 1 is 1.38 bits per heavy atom. The van der Waals surface area contributed by atoms with E-state index in [9.17, 15) is 14.7 Å². The third kappa shape index (κ3) is 3.43. The number of aliphatic carboxylic acids is 1. The summed E-state index contributed by atoms with van der Waals surface area (Å²) in [5.74, 6) is -0.862. The third-order valence-electron chi connectivity index (χ3n) is 4.30. The van der Waals surface area contributed by atoms with Crippen molar-refractivity contribution in [1.82, 2.24) is 15.5 Å². The van der Waals surface area contributed by atoms with Crippen LogP contribution in [0.2, 0.25) is 0 Å². The summed E-state index contributed by atoms with van der Waals surface area (Å²) in [4.78, 5) is 23.6. The van der Waals surface area contributed by atoms with E-state index in [0.29, 0.717) is 18.5 Å². The number of carboxylic acid groups (broad SMARTS) is 1. The van der Waals surface area contributed by atoms with Gasteiger partial charge in [0.25, 0.3) is 5.91 Å². The van der Waals surface area contributed by atoms with Crippen LogP contribution in [0.1, 0.15) is 68.1 Å². The molecule has 1 aromatic rings. The fraction of sp³-hybridized carbons (Fsp3) is 0.667. The molecule has 0 saturated heterocycles. The Hall–Kier alpha value is -1.85. The van der Waals surface area contributed by atoms with Crippen molar-refractivity contribution in [3.8, 4) is 0 Å². The van der Waals surface area contributed by atoms with Gasteiger partial charge in [-0.3, -0.25) is 14.7 Å². The highest BCUT2D eigenvalue weighted by atomic mass is 16.4. The van der Waals surface area contributed by atoms with E-state index in [1.54, 1.807) is 6.07 Å². The molecule has 116 valence electrons. The first kappa shape index (κ1) is 15.5. The fourth-order valence-electron chi connectivity index (χ4n) is 2.78. The van der Waals surface area contributed by atoms with E-state index in [0.717, 1.165) is 25.0 Å². The molecule has 1 fully saturated rings. The zero-order valence-corrected chi connectivity index (χ0v) is 12.6. The average molecular weight is 293 g/mol. The number of carbonyl (C=O) groups is 2. The Bertz CT molecular complexity index is 516. The molecule has 2 rings (SSSR count). The third-order valence-corrected chi connectivity index (χ3v) is 4.30. The highest BCUT2D eigenvalue weighted by Crippen LogP contribution is 2.36. The molecule has 6 nitrogen and oxygen atoms in total. The Morgan fingerprint density at radius 2 is 2.05 bits per heavy atom. The maximum atomic E-state index is 12.1. The van der Waals surface area contributed by atoms with Gasteiger partial charge in [-0.2, -0.15) is 5.10 Å². The number of carbonyl (C=O) groups excluding carboxylic acids is 1. The van der Waals surface area contributed by atoms with Crippen molar-refractivity contribution in [2.45, 2.75) is 51.9 Å². The molecule has 3 N–H and O–H groups in total. The lowest BCUT2D eigenvalue weighted by atomic mass is 9.74. The lowest BCUT2D eigenvalue weighted by molar-refractivity contribution is -0.150. The largest absolute Gasteiger partial charge is 0.481 e. The van der Waals surface area contributed by atoms with Crippen LogP contribution < -0.4 is 5.32 Å². The molecule has 0 unspecified atom stereocenters. The van der Waals surface area contributed by atoms with Gasteiger partial charge in [-0.05, 0) is 24.8 Å². The van der Waals surface area contributed by atoms with Crippen LogP contribution in [-0.4, -0.2) is 33.7 Å². The van der Waals surface area contributed by atoms with Crippen LogP contribution in [0.15, 0.2) is 6.07 Å². The molecule has 1 aliphatic rings. The van der Waals surface area contributed by atoms with Crippen LogP contribution in [-0.2, 0) is 4.79 Å². The highest BCUT2D eigenvalue weighted by molar-refractivity contribution is 5.92. The van der Waals surface area contributed by atoms with Gasteiger partial charge < -0.3 is 10.4 Å². The summed E-state index contributed by atoms with van der Waals surface area (Å²) in [7, 11) is 0. The Morgan fingerprint density at radius 3 is 2.57 bits per heavy atom. The molecule has 0 radical (unpaired) electrons. The van der Waals surface area contributed by atoms with Crippen molar-refractivity contribution < 1.29 is 14.7 Å². The van der Waals surface area contributed by atoms with Gasteiger partial charge in [0, 0.05) is 12.2 Å². The molecule has 0 atom stereocenters. The van der Waals surface area contributed by atoms with Crippen LogP contribution in [0.4, 0.5) is 0 Å². The Balaban J connectivity index is 1.99. The van der Waals surface area contributed by atoms with Crippen LogP contribution >= 0.6 is 0 Å². The second-order valence-corrected chi connectivity index (χ2v) is 6.19. The molecule has 0 aromatic carbocycles. The van der Waals surface area contributed by atoms with Gasteiger partial charge in [0.15, 0.2) is 0 Å². The van der Waals surface area contributed by atoms with Crippen molar-refractivity contribution in [3.05, 3.63) is 17.5 Å². The van der Waals surface area contributed by atoms with E-state index >= 15 is 0 Å². The van der Waals surface area contributed by atoms with Gasteiger partial charge in [-0.25, -0.2) is 0 Å². The van der Waals surface area contributed by atoms with E-state index in [1.807, 2.05) is 13.8 Å². The second-order valence-electron chi connectivity index (χ2n) is 6.19. The molecule has 0 bridgehead atoms. The molecule has 1 heterocycles. The first-order chi connectivity index (χ1) is 9.94. The van der Waals surface area contributed by atoms with E-state index < -0.39 is 11.4 Å². The smallest absolute Gasteiger partial charge is 0.311 e. The van der Waals surface area contributed by atoms with Crippen LogP contribution in [0.3, 0.4) is 0 Å². The standard InChI is InChI=1S/C15H23N3O3/c1-10(2)11-8-12(18-17-11)13(19)16-9-15(14(20)21)6-4-3-5-7-15/h8,10H,3-7,9H2,1-2H3,(H,16,19)(H,17,18)(H,20,21). The summed E-state index contributed by atoms with van der Waals surface area (Å²) < 4.78 is 0. The van der Waals surface area contributed by atoms with E-state index in [-0.39, 0.29) is 18.4 Å². The summed E-state index contributed by atoms with van der Waals surface area (Å²) in [6.45, 7) is 4.19. The SMILES string of the molecule is CC(C)c1cc(C(=O)NCC2(C(=O)O)CCCCC2)n[nH]1. The molecule has 1 saturated carbocycles. The van der Waals surface area contributed by atoms with Gasteiger partial charge in [0.1, 0.15) is 5.69 Å². The number of nitrogens with zero attached hydrogens (tertiary/aromatic N) is 1. The summed E-state index contributed by atoms with van der Waals surface area (Å²) in [5, 5.41) is 19.0. The predicted octanol–water partition coefficient (Wildman–Crippen LogP) is 2.30. The molecule has 0 aliphatic heterocycles. The number of carboxylic acids is 1. The first-order valence-electron chi connectivity index (χ1n) is 7.51. The monoisotopic (exact) mass is 293 g/mol. The van der Waals surface area contributed by atoms with E-state index in [2.05, 4.69) is 15.5 Å². The summed E-state index contributed by atoms with van der Waals surface area (Å²) in [6, 6.07) is 1.72. The molecular weight excluding hydrogens is 270 g/mol. The number of aromatic amines is 1. The molecular formula is C15H23N3O3. The van der Waals surface area contributed by atoms with Gasteiger partial charge in [-0.1, -0.05) is 33.1 Å². The van der Waals surface area contributed by atoms with Gasteiger partial charge in [0.2, 0.25) is 0 Å². The summed E-state index contributed by atoms with van der Waals surface area (Å²) in [6.07, 6.45) is 4.13. The fourth-order valence-corrected chi connectivity index (χ4v) is 2.78. The normalized spacial score (nSPS) is 17.7. The number of amides is 1. The minimum absolute atomic E-state index is 0.172. The lowest BCUT2D eigenvalue weighted by Gasteiger charge is -2.33. The summed E-state index contributed by atoms with van der Waals surface area (Å²) >= 11 is 0. The summed E-state index contributed by atoms with van der Waals surface area (Å²) in [5.41, 5.74) is 0.395. The average Bonchev–Trinajstić information content (AvgIpc) is 2.95. The van der Waals surface area contributed by atoms with Crippen molar-refractivity contribution in [1.29, 1.82) is 0 Å². The number of H-pyrrole nitrogens is 1. The topological polar surface area (TPSA) is 95.1 Å². The minimum atomic E-state index is -0.814. The van der Waals surface area contributed by atoms with Crippen molar-refractivity contribution in [3.63, 3.8) is 0 Å². The zero-order valence-electron chi connectivity index (χ0n) is 12.6. The number of nitrogens with one attached hydrogen (secondary N) is 2. The molecule has 1 amide bonds. The molecule has 1 aromatic heterocycles. The predicted molar refractivity (Wildman–Crippen MR) is 78.2 cm³/mol. The van der Waals surface area contributed by atoms with Gasteiger partial charge in [0.05, 0.1) is 5.41 Å². The number of hydrogen-bond acceptors (Lipinski definition) is 3. The number of hydrogen-bond donors (Lipinski definition) is 3. The minimum Gasteiger partial charge on any atom is -0.481 e. The van der Waals surface area contributed by atoms with Gasteiger partial charge >= 0.3 is 5.97 Å². The van der Waals surface area contributed by atoms with Crippen molar-refractivity contribution >= 4 is 11.9 Å². The Kier molecular flexibility index (Phi) is 4.65. The highest BCUT2D eigenvalue weighted by Gasteiger charge is 2.39. The zero-order chi connectivity index (χ0) is 15.5. The second kappa shape index (κ2) is 6.28. The van der Waals surface area contributed by atoms with Gasteiger partial charge in [-0.15, -0.1) is 0 Å². The van der Waals surface area contributed by atoms with Crippen LogP contribution in [0, 0.1) is 5.41 Å². The molecule has 6 heteroatoms. The van der Waals surface area contributed by atoms with E-state index in [1.165, 1.54) is 0 Å². The van der Waals surface area contributed by atoms with Crippen LogP contribution in [0.25, 0.3) is 0 Å². The maximum absolute atomic E-state index is 12.1. The lowest BCUT2D eigenvalue weighted by Crippen LogP contribution is -2.44. The Labute approximate surface area is 124 Å². The first-order valence-corrected chi connectivity index (χ1v) is 7.51. The quantitative estimate of drug-likeness (QED) is 0.776. The molecule has 1 aliphatic carbocycles. The maximum Gasteiger partial charge on any atom is 0.311 e. The van der Waals surface area contributed by atoms with Crippen LogP contribution in [0.5, 0.6) is 0 Å². The molecule has 21 heavy (non-hydrogen) atoms. The van der Waals surface area contributed by atoms with Crippen molar-refractivity contribution in [2.75, 3.05) is 6.54 Å². The van der Waals surface area contributed by atoms with Crippen molar-refractivity contribution in [2.24, 2.45) is 5.41 Å². The number of rotatable bonds is 5.